The van der Waals surface area contributed by atoms with Gasteiger partial charge in [0.05, 0.1) is 0 Å². The molecule has 0 fully saturated rings. The van der Waals surface area contributed by atoms with Gasteiger partial charge in [0.1, 0.15) is 0 Å². The van der Waals surface area contributed by atoms with Crippen molar-refractivity contribution in [1.29, 1.82) is 0 Å². The molecule has 0 atom stereocenters. The van der Waals surface area contributed by atoms with E-state index in [-0.39, 0.29) is 0 Å². The predicted octanol–water partition coefficient (Wildman–Crippen LogP) is 7.85. The first-order valence-electron chi connectivity index (χ1n) is 10.8. The van der Waals surface area contributed by atoms with Crippen LogP contribution in [0, 0.1) is 24.7 Å². The molecule has 0 nitrogen and oxygen atoms in total. The lowest BCUT2D eigenvalue weighted by Crippen LogP contribution is -2.37. The van der Waals surface area contributed by atoms with Crippen molar-refractivity contribution in [2.75, 3.05) is 0 Å². The van der Waals surface area contributed by atoms with Gasteiger partial charge < -0.3 is 0 Å². The largest absolute Gasteiger partial charge is 0.0738 e. The standard InChI is InChI=1S/C28H32/c1-17-7-21-9-23-11-25-15-28(6,27(5)13-19(3)20(4)14-27)16-26(25)12-24(23)10-22(21)8-18(17)2/h7-12H,13-16H2,1-6H3. The number of allylic oxidation sites excluding steroid dienone is 2. The van der Waals surface area contributed by atoms with Gasteiger partial charge in [-0.05, 0) is 120 Å². The second-order valence-corrected chi connectivity index (χ2v) is 10.5. The summed E-state index contributed by atoms with van der Waals surface area (Å²) in [7, 11) is 0. The Morgan fingerprint density at radius 2 is 0.857 bits per heavy atom. The molecule has 0 amide bonds. The van der Waals surface area contributed by atoms with E-state index in [1.807, 2.05) is 0 Å². The van der Waals surface area contributed by atoms with Crippen LogP contribution in [-0.2, 0) is 12.8 Å². The fourth-order valence-electron chi connectivity index (χ4n) is 6.04. The second-order valence-electron chi connectivity index (χ2n) is 10.5. The predicted molar refractivity (Wildman–Crippen MR) is 122 cm³/mol. The molecule has 0 aliphatic heterocycles. The van der Waals surface area contributed by atoms with Gasteiger partial charge >= 0.3 is 0 Å². The zero-order valence-corrected chi connectivity index (χ0v) is 18.3. The van der Waals surface area contributed by atoms with Gasteiger partial charge in [-0.3, -0.25) is 0 Å². The summed E-state index contributed by atoms with van der Waals surface area (Å²) in [4.78, 5) is 0. The first kappa shape index (κ1) is 18.0. The molecule has 0 saturated carbocycles. The highest BCUT2D eigenvalue weighted by atomic mass is 14.5. The lowest BCUT2D eigenvalue weighted by atomic mass is 9.61. The van der Waals surface area contributed by atoms with Gasteiger partial charge in [0.15, 0.2) is 0 Å². The van der Waals surface area contributed by atoms with Crippen molar-refractivity contribution in [2.45, 2.75) is 67.2 Å². The van der Waals surface area contributed by atoms with Crippen molar-refractivity contribution < 1.29 is 0 Å². The van der Waals surface area contributed by atoms with E-state index in [1.165, 1.54) is 58.4 Å². The summed E-state index contributed by atoms with van der Waals surface area (Å²) < 4.78 is 0. The molecule has 0 heterocycles. The van der Waals surface area contributed by atoms with Crippen LogP contribution in [0.3, 0.4) is 0 Å². The molecule has 0 bridgehead atoms. The normalized spacial score (nSPS) is 20.4. The SMILES string of the molecule is CC1=C(C)CC(C)(C2(C)Cc3cc4cc5cc(C)c(C)cc5cc4cc3C2)C1. The Kier molecular flexibility index (Phi) is 3.67. The molecule has 0 radical (unpaired) electrons. The van der Waals surface area contributed by atoms with E-state index >= 15 is 0 Å². The third kappa shape index (κ3) is 2.50. The highest BCUT2D eigenvalue weighted by Crippen LogP contribution is 2.58. The van der Waals surface area contributed by atoms with Gasteiger partial charge in [-0.25, -0.2) is 0 Å². The molecule has 28 heavy (non-hydrogen) atoms. The van der Waals surface area contributed by atoms with Crippen LogP contribution in [0.4, 0.5) is 0 Å². The fourth-order valence-corrected chi connectivity index (χ4v) is 6.04. The van der Waals surface area contributed by atoms with Crippen molar-refractivity contribution in [1.82, 2.24) is 0 Å². The second kappa shape index (κ2) is 5.72. The lowest BCUT2D eigenvalue weighted by Gasteiger charge is -2.42. The maximum Gasteiger partial charge on any atom is -0.0175 e. The van der Waals surface area contributed by atoms with E-state index < -0.39 is 0 Å². The molecule has 144 valence electrons. The molecule has 3 aromatic rings. The minimum Gasteiger partial charge on any atom is -0.0738 e. The quantitative estimate of drug-likeness (QED) is 0.303. The average Bonchev–Trinajstić information content (AvgIpc) is 3.09. The number of hydrogen-bond acceptors (Lipinski definition) is 0. The van der Waals surface area contributed by atoms with Crippen LogP contribution in [0.2, 0.25) is 0 Å². The Bertz CT molecular complexity index is 1090. The van der Waals surface area contributed by atoms with Crippen molar-refractivity contribution in [3.05, 3.63) is 69.8 Å². The van der Waals surface area contributed by atoms with Crippen molar-refractivity contribution in [2.24, 2.45) is 10.8 Å². The van der Waals surface area contributed by atoms with Crippen molar-refractivity contribution in [3.63, 3.8) is 0 Å². The highest BCUT2D eigenvalue weighted by molar-refractivity contribution is 5.99. The van der Waals surface area contributed by atoms with E-state index in [4.69, 9.17) is 0 Å². The van der Waals surface area contributed by atoms with E-state index in [0.29, 0.717) is 10.8 Å². The molecule has 3 aromatic carbocycles. The first-order valence-corrected chi connectivity index (χ1v) is 10.8. The zero-order valence-electron chi connectivity index (χ0n) is 18.3. The Labute approximate surface area is 169 Å². The van der Waals surface area contributed by atoms with Crippen LogP contribution in [0.1, 0.15) is 62.8 Å². The molecule has 5 rings (SSSR count). The maximum absolute atomic E-state index is 2.55. The van der Waals surface area contributed by atoms with Gasteiger partial charge in [-0.2, -0.15) is 0 Å². The molecule has 0 aromatic heterocycles. The summed E-state index contributed by atoms with van der Waals surface area (Å²) in [6, 6.07) is 14.5. The van der Waals surface area contributed by atoms with E-state index in [0.717, 1.165) is 0 Å². The monoisotopic (exact) mass is 368 g/mol. The molecule has 2 aliphatic rings. The van der Waals surface area contributed by atoms with Crippen LogP contribution in [0.5, 0.6) is 0 Å². The molecular weight excluding hydrogens is 336 g/mol. The van der Waals surface area contributed by atoms with Crippen LogP contribution in [-0.4, -0.2) is 0 Å². The third-order valence-electron chi connectivity index (χ3n) is 8.38. The van der Waals surface area contributed by atoms with Crippen LogP contribution >= 0.6 is 0 Å². The summed E-state index contributed by atoms with van der Waals surface area (Å²) in [6.45, 7) is 14.2. The van der Waals surface area contributed by atoms with Gasteiger partial charge in [0.25, 0.3) is 0 Å². The number of rotatable bonds is 1. The summed E-state index contributed by atoms with van der Waals surface area (Å²) in [5.74, 6) is 0. The van der Waals surface area contributed by atoms with E-state index in [9.17, 15) is 0 Å². The van der Waals surface area contributed by atoms with Crippen LogP contribution in [0.15, 0.2) is 47.5 Å². The average molecular weight is 369 g/mol. The molecule has 0 heteroatoms. The Morgan fingerprint density at radius 1 is 0.500 bits per heavy atom. The van der Waals surface area contributed by atoms with E-state index in [2.05, 4.69) is 77.9 Å². The number of benzene rings is 3. The summed E-state index contributed by atoms with van der Waals surface area (Å²) >= 11 is 0. The Morgan fingerprint density at radius 3 is 1.29 bits per heavy atom. The molecule has 0 saturated heterocycles. The van der Waals surface area contributed by atoms with Crippen LogP contribution < -0.4 is 0 Å². The minimum atomic E-state index is 0.359. The fraction of sp³-hybridized carbons (Fsp3) is 0.429. The van der Waals surface area contributed by atoms with Gasteiger partial charge in [-0.15, -0.1) is 0 Å². The molecule has 0 N–H and O–H groups in total. The zero-order chi connectivity index (χ0) is 19.8. The molecule has 2 aliphatic carbocycles. The molecule has 0 spiro atoms. The first-order chi connectivity index (χ1) is 13.2. The van der Waals surface area contributed by atoms with E-state index in [1.54, 1.807) is 22.3 Å². The Hall–Kier alpha value is -2.08. The van der Waals surface area contributed by atoms with Gasteiger partial charge in [0, 0.05) is 0 Å². The molecular formula is C28H32. The smallest absolute Gasteiger partial charge is 0.0175 e. The summed E-state index contributed by atoms with van der Waals surface area (Å²) in [5.41, 5.74) is 9.94. The van der Waals surface area contributed by atoms with Gasteiger partial charge in [0.2, 0.25) is 0 Å². The third-order valence-corrected chi connectivity index (χ3v) is 8.38. The lowest BCUT2D eigenvalue weighted by molar-refractivity contribution is 0.0895. The summed E-state index contributed by atoms with van der Waals surface area (Å²) in [6.07, 6.45) is 4.98. The van der Waals surface area contributed by atoms with Gasteiger partial charge in [-0.1, -0.05) is 49.3 Å². The number of hydrogen-bond donors (Lipinski definition) is 0. The topological polar surface area (TPSA) is 0 Å². The van der Waals surface area contributed by atoms with Crippen molar-refractivity contribution >= 4 is 21.5 Å². The summed E-state index contributed by atoms with van der Waals surface area (Å²) in [5, 5.41) is 5.55. The Balaban J connectivity index is 1.59. The minimum absolute atomic E-state index is 0.359. The van der Waals surface area contributed by atoms with Crippen molar-refractivity contribution in [3.8, 4) is 0 Å². The molecule has 0 unspecified atom stereocenters. The number of aryl methyl sites for hydroxylation is 2. The number of fused-ring (bicyclic) bond motifs is 3. The maximum atomic E-state index is 2.55. The highest BCUT2D eigenvalue weighted by Gasteiger charge is 2.49. The van der Waals surface area contributed by atoms with Crippen LogP contribution in [0.25, 0.3) is 21.5 Å².